The summed E-state index contributed by atoms with van der Waals surface area (Å²) < 4.78 is 10.1. The summed E-state index contributed by atoms with van der Waals surface area (Å²) in [5.74, 6) is 0.783. The average Bonchev–Trinajstić information content (AvgIpc) is 3.10. The van der Waals surface area contributed by atoms with Crippen LogP contribution in [0.3, 0.4) is 0 Å². The number of hydrazone groups is 1. The zero-order valence-corrected chi connectivity index (χ0v) is 16.4. The Morgan fingerprint density at radius 2 is 1.93 bits per heavy atom. The number of nitrogens with zero attached hydrogens (tertiary/aromatic N) is 2. The van der Waals surface area contributed by atoms with Crippen molar-refractivity contribution in [2.45, 2.75) is 6.92 Å². The summed E-state index contributed by atoms with van der Waals surface area (Å²) in [6.45, 7) is 1.78. The number of nitrogens with one attached hydrogen (secondary N) is 1. The lowest BCUT2D eigenvalue weighted by molar-refractivity contribution is 0.0958. The zero-order valence-electron chi connectivity index (χ0n) is 15.6. The van der Waals surface area contributed by atoms with Crippen LogP contribution >= 0.6 is 11.3 Å². The molecule has 0 saturated heterocycles. The van der Waals surface area contributed by atoms with E-state index in [-0.39, 0.29) is 11.7 Å². The van der Waals surface area contributed by atoms with Gasteiger partial charge in [0.25, 0.3) is 5.91 Å². The predicted octanol–water partition coefficient (Wildman–Crippen LogP) is 3.61. The molecule has 7 nitrogen and oxygen atoms in total. The SMILES string of the molecule is COc1ccc(-c2nc(C)c(C(=O)N/N=C/c3ccc(OC)c(O)c3)s2)cc1. The topological polar surface area (TPSA) is 93.0 Å². The van der Waals surface area contributed by atoms with Crippen molar-refractivity contribution in [3.63, 3.8) is 0 Å². The fraction of sp³-hybridized carbons (Fsp3) is 0.150. The van der Waals surface area contributed by atoms with Crippen LogP contribution in [0, 0.1) is 6.92 Å². The maximum atomic E-state index is 12.4. The van der Waals surface area contributed by atoms with E-state index in [0.29, 0.717) is 21.9 Å². The summed E-state index contributed by atoms with van der Waals surface area (Å²) in [5.41, 5.74) is 4.65. The summed E-state index contributed by atoms with van der Waals surface area (Å²) in [6, 6.07) is 12.3. The number of methoxy groups -OCH3 is 2. The minimum Gasteiger partial charge on any atom is -0.504 e. The summed E-state index contributed by atoms with van der Waals surface area (Å²) in [7, 11) is 3.08. The molecule has 3 rings (SSSR count). The molecule has 144 valence electrons. The molecule has 0 spiro atoms. The van der Waals surface area contributed by atoms with Crippen LogP contribution in [0.1, 0.15) is 20.9 Å². The van der Waals surface area contributed by atoms with E-state index >= 15 is 0 Å². The molecule has 0 radical (unpaired) electrons. The van der Waals surface area contributed by atoms with Gasteiger partial charge in [0.15, 0.2) is 11.5 Å². The van der Waals surface area contributed by atoms with E-state index in [1.807, 2.05) is 24.3 Å². The van der Waals surface area contributed by atoms with Crippen LogP contribution in [0.15, 0.2) is 47.6 Å². The number of aromatic nitrogens is 1. The fourth-order valence-electron chi connectivity index (χ4n) is 2.47. The van der Waals surface area contributed by atoms with Gasteiger partial charge in [-0.1, -0.05) is 0 Å². The van der Waals surface area contributed by atoms with Gasteiger partial charge in [-0.3, -0.25) is 4.79 Å². The second-order valence-electron chi connectivity index (χ2n) is 5.79. The third-order valence-electron chi connectivity index (χ3n) is 3.92. The van der Waals surface area contributed by atoms with Crippen LogP contribution in [-0.2, 0) is 0 Å². The van der Waals surface area contributed by atoms with Crippen LogP contribution in [0.2, 0.25) is 0 Å². The van der Waals surface area contributed by atoms with Gasteiger partial charge in [-0.25, -0.2) is 10.4 Å². The maximum Gasteiger partial charge on any atom is 0.283 e. The number of ether oxygens (including phenoxy) is 2. The molecule has 0 unspecified atom stereocenters. The van der Waals surface area contributed by atoms with Crippen LogP contribution in [0.5, 0.6) is 17.2 Å². The van der Waals surface area contributed by atoms with Crippen molar-refractivity contribution >= 4 is 23.5 Å². The van der Waals surface area contributed by atoms with Crippen molar-refractivity contribution in [3.8, 4) is 27.8 Å². The fourth-order valence-corrected chi connectivity index (χ4v) is 3.43. The molecule has 1 amide bonds. The van der Waals surface area contributed by atoms with Gasteiger partial charge in [0.1, 0.15) is 15.6 Å². The van der Waals surface area contributed by atoms with Gasteiger partial charge in [-0.15, -0.1) is 11.3 Å². The number of thiazole rings is 1. The predicted molar refractivity (Wildman–Crippen MR) is 109 cm³/mol. The Morgan fingerprint density at radius 3 is 2.57 bits per heavy atom. The first kappa shape index (κ1) is 19.4. The molecule has 3 aromatic rings. The first-order valence-electron chi connectivity index (χ1n) is 8.34. The van der Waals surface area contributed by atoms with Crippen molar-refractivity contribution in [2.24, 2.45) is 5.10 Å². The normalized spacial score (nSPS) is 10.8. The van der Waals surface area contributed by atoms with Crippen molar-refractivity contribution in [3.05, 3.63) is 58.6 Å². The molecular weight excluding hydrogens is 378 g/mol. The van der Waals surface area contributed by atoms with E-state index in [2.05, 4.69) is 15.5 Å². The number of phenolic OH excluding ortho intramolecular Hbond substituents is 1. The smallest absolute Gasteiger partial charge is 0.283 e. The molecule has 0 bridgehead atoms. The Morgan fingerprint density at radius 1 is 1.18 bits per heavy atom. The number of carbonyl (C=O) groups is 1. The second kappa shape index (κ2) is 8.53. The highest BCUT2D eigenvalue weighted by Gasteiger charge is 2.16. The lowest BCUT2D eigenvalue weighted by atomic mass is 10.2. The number of carbonyl (C=O) groups excluding carboxylic acids is 1. The minimum atomic E-state index is -0.344. The number of hydrogen-bond donors (Lipinski definition) is 2. The molecule has 0 aliphatic heterocycles. The highest BCUT2D eigenvalue weighted by atomic mass is 32.1. The maximum absolute atomic E-state index is 12.4. The summed E-state index contributed by atoms with van der Waals surface area (Å²) >= 11 is 1.29. The van der Waals surface area contributed by atoms with Gasteiger partial charge < -0.3 is 14.6 Å². The lowest BCUT2D eigenvalue weighted by Crippen LogP contribution is -2.17. The van der Waals surface area contributed by atoms with Crippen LogP contribution in [-0.4, -0.2) is 36.4 Å². The van der Waals surface area contributed by atoms with E-state index in [1.54, 1.807) is 26.2 Å². The molecule has 0 atom stereocenters. The van der Waals surface area contributed by atoms with E-state index in [9.17, 15) is 9.90 Å². The number of rotatable bonds is 6. The van der Waals surface area contributed by atoms with E-state index in [0.717, 1.165) is 16.3 Å². The van der Waals surface area contributed by atoms with Gasteiger partial charge >= 0.3 is 0 Å². The Balaban J connectivity index is 1.70. The molecule has 28 heavy (non-hydrogen) atoms. The molecule has 0 aliphatic carbocycles. The molecule has 0 fully saturated rings. The second-order valence-corrected chi connectivity index (χ2v) is 6.79. The van der Waals surface area contributed by atoms with Crippen molar-refractivity contribution in [1.29, 1.82) is 0 Å². The number of aromatic hydroxyl groups is 1. The van der Waals surface area contributed by atoms with Crippen molar-refractivity contribution in [2.75, 3.05) is 14.2 Å². The molecule has 2 N–H and O–H groups in total. The van der Waals surface area contributed by atoms with Crippen LogP contribution < -0.4 is 14.9 Å². The van der Waals surface area contributed by atoms with Gasteiger partial charge in [0.2, 0.25) is 0 Å². The monoisotopic (exact) mass is 397 g/mol. The van der Waals surface area contributed by atoms with E-state index < -0.39 is 0 Å². The largest absolute Gasteiger partial charge is 0.504 e. The molecule has 0 aliphatic rings. The summed E-state index contributed by atoms with van der Waals surface area (Å²) in [6.07, 6.45) is 1.44. The van der Waals surface area contributed by atoms with Gasteiger partial charge in [0.05, 0.1) is 26.1 Å². The molecular formula is C20H19N3O4S. The van der Waals surface area contributed by atoms with Gasteiger partial charge in [-0.2, -0.15) is 5.10 Å². The van der Waals surface area contributed by atoms with Crippen molar-refractivity contribution in [1.82, 2.24) is 10.4 Å². The van der Waals surface area contributed by atoms with E-state index in [1.165, 1.54) is 30.7 Å². The minimum absolute atomic E-state index is 0.000196. The van der Waals surface area contributed by atoms with Crippen molar-refractivity contribution < 1.29 is 19.4 Å². The highest BCUT2D eigenvalue weighted by molar-refractivity contribution is 7.17. The Hall–Kier alpha value is -3.39. The molecule has 0 saturated carbocycles. The average molecular weight is 397 g/mol. The number of benzene rings is 2. The van der Waals surface area contributed by atoms with Crippen LogP contribution in [0.4, 0.5) is 0 Å². The number of hydrogen-bond acceptors (Lipinski definition) is 7. The molecule has 1 heterocycles. The first-order chi connectivity index (χ1) is 13.5. The molecule has 2 aromatic carbocycles. The number of amides is 1. The van der Waals surface area contributed by atoms with E-state index in [4.69, 9.17) is 9.47 Å². The number of aryl methyl sites for hydroxylation is 1. The standard InChI is InChI=1S/C20H19N3O4S/c1-12-18(28-20(22-12)14-5-7-15(26-2)8-6-14)19(25)23-21-11-13-4-9-17(27-3)16(24)10-13/h4-11,24H,1-3H3,(H,23,25)/b21-11+. The third-order valence-corrected chi connectivity index (χ3v) is 5.13. The Kier molecular flexibility index (Phi) is 5.90. The van der Waals surface area contributed by atoms with Crippen LogP contribution in [0.25, 0.3) is 10.6 Å². The third kappa shape index (κ3) is 4.29. The van der Waals surface area contributed by atoms with Gasteiger partial charge in [0, 0.05) is 5.56 Å². The first-order valence-corrected chi connectivity index (χ1v) is 9.15. The Labute approximate surface area is 166 Å². The molecule has 8 heteroatoms. The summed E-state index contributed by atoms with van der Waals surface area (Å²) in [4.78, 5) is 17.4. The van der Waals surface area contributed by atoms with Gasteiger partial charge in [-0.05, 0) is 55.0 Å². The number of phenols is 1. The highest BCUT2D eigenvalue weighted by Crippen LogP contribution is 2.29. The Bertz CT molecular complexity index is 1010. The quantitative estimate of drug-likeness (QED) is 0.490. The zero-order chi connectivity index (χ0) is 20.1. The molecule has 1 aromatic heterocycles. The summed E-state index contributed by atoms with van der Waals surface area (Å²) in [5, 5.41) is 14.5. The lowest BCUT2D eigenvalue weighted by Gasteiger charge is -2.03.